The van der Waals surface area contributed by atoms with Gasteiger partial charge in [0.1, 0.15) is 0 Å². The minimum absolute atomic E-state index is 0.0159. The number of thiocarbonyl (C=S) groups is 1. The van der Waals surface area contributed by atoms with Crippen molar-refractivity contribution in [1.29, 1.82) is 0 Å². The number of rotatable bonds is 3. The van der Waals surface area contributed by atoms with Gasteiger partial charge < -0.3 is 20.5 Å². The lowest BCUT2D eigenvalue weighted by Gasteiger charge is -2.12. The van der Waals surface area contributed by atoms with Crippen LogP contribution in [0.15, 0.2) is 12.1 Å². The van der Waals surface area contributed by atoms with Gasteiger partial charge in [0.15, 0.2) is 16.6 Å². The molecule has 1 aromatic carbocycles. The average molecular weight is 230 g/mol. The molecule has 0 saturated carbocycles. The van der Waals surface area contributed by atoms with E-state index in [0.29, 0.717) is 5.69 Å². The lowest BCUT2D eigenvalue weighted by Crippen LogP contribution is -2.19. The van der Waals surface area contributed by atoms with Gasteiger partial charge in [-0.3, -0.25) is 0 Å². The molecule has 6 heteroatoms. The molecule has 0 aliphatic heterocycles. The summed E-state index contributed by atoms with van der Waals surface area (Å²) in [6, 6.07) is 3.03. The Morgan fingerprint density at radius 3 is 2.53 bits per heavy atom. The smallest absolute Gasteiger partial charge is 0.208 e. The Hall–Kier alpha value is -1.56. The van der Waals surface area contributed by atoms with Gasteiger partial charge in [0.05, 0.1) is 19.9 Å². The summed E-state index contributed by atoms with van der Waals surface area (Å²) >= 11 is 4.65. The molecule has 4 nitrogen and oxygen atoms in total. The first-order chi connectivity index (χ1) is 7.10. The van der Waals surface area contributed by atoms with Crippen molar-refractivity contribution in [2.75, 3.05) is 19.5 Å². The number of anilines is 1. The molecule has 0 amide bonds. The molecule has 0 fully saturated rings. The molecule has 0 aliphatic carbocycles. The van der Waals surface area contributed by atoms with Crippen LogP contribution in [0.2, 0.25) is 0 Å². The minimum atomic E-state index is -0.596. The van der Waals surface area contributed by atoms with Gasteiger partial charge in [0.25, 0.3) is 0 Å². The Labute approximate surface area is 92.2 Å². The molecular weight excluding hydrogens is 219 g/mol. The largest absolute Gasteiger partial charge is 0.494 e. The van der Waals surface area contributed by atoms with Crippen molar-refractivity contribution in [2.45, 2.75) is 0 Å². The van der Waals surface area contributed by atoms with E-state index in [1.165, 1.54) is 20.3 Å². The number of nitrogens with one attached hydrogen (secondary N) is 1. The predicted octanol–water partition coefficient (Wildman–Crippen LogP) is 1.50. The highest BCUT2D eigenvalue weighted by atomic mass is 32.1. The molecule has 0 atom stereocenters. The van der Waals surface area contributed by atoms with Gasteiger partial charge in [0.2, 0.25) is 5.82 Å². The number of ether oxygens (including phenoxy) is 2. The SMILES string of the molecule is COc1ccc(NC(N)=S)c(OC)c1F. The standard InChI is InChI=1S/C9H11FN2O2S/c1-13-6-4-3-5(12-9(11)15)8(14-2)7(6)10/h3-4H,1-2H3,(H3,11,12,15). The van der Waals surface area contributed by atoms with Crippen LogP contribution in [-0.2, 0) is 0 Å². The van der Waals surface area contributed by atoms with E-state index < -0.39 is 5.82 Å². The van der Waals surface area contributed by atoms with Gasteiger partial charge in [0, 0.05) is 0 Å². The summed E-state index contributed by atoms with van der Waals surface area (Å²) in [7, 11) is 2.72. The molecule has 0 radical (unpaired) electrons. The van der Waals surface area contributed by atoms with Gasteiger partial charge in [-0.15, -0.1) is 0 Å². The molecule has 1 rings (SSSR count). The predicted molar refractivity (Wildman–Crippen MR) is 59.9 cm³/mol. The van der Waals surface area contributed by atoms with Gasteiger partial charge in [-0.1, -0.05) is 0 Å². The molecule has 15 heavy (non-hydrogen) atoms. The third-order valence-electron chi connectivity index (χ3n) is 1.74. The third kappa shape index (κ3) is 2.47. The van der Waals surface area contributed by atoms with E-state index in [2.05, 4.69) is 17.5 Å². The summed E-state index contributed by atoms with van der Waals surface area (Å²) in [5, 5.41) is 2.64. The van der Waals surface area contributed by atoms with Crippen LogP contribution in [-0.4, -0.2) is 19.3 Å². The minimum Gasteiger partial charge on any atom is -0.494 e. The Morgan fingerprint density at radius 2 is 2.07 bits per heavy atom. The van der Waals surface area contributed by atoms with Crippen molar-refractivity contribution in [3.8, 4) is 11.5 Å². The summed E-state index contributed by atoms with van der Waals surface area (Å²) < 4.78 is 23.3. The number of hydrogen-bond donors (Lipinski definition) is 2. The van der Waals surface area contributed by atoms with Crippen molar-refractivity contribution < 1.29 is 13.9 Å². The van der Waals surface area contributed by atoms with Crippen LogP contribution in [0.4, 0.5) is 10.1 Å². The van der Waals surface area contributed by atoms with Crippen molar-refractivity contribution in [1.82, 2.24) is 0 Å². The second-order valence-electron chi connectivity index (χ2n) is 2.65. The quantitative estimate of drug-likeness (QED) is 0.771. The molecule has 0 unspecified atom stereocenters. The van der Waals surface area contributed by atoms with Gasteiger partial charge >= 0.3 is 0 Å². The summed E-state index contributed by atoms with van der Waals surface area (Å²) in [5.74, 6) is -0.483. The number of hydrogen-bond acceptors (Lipinski definition) is 3. The van der Waals surface area contributed by atoms with Crippen molar-refractivity contribution in [2.24, 2.45) is 5.73 Å². The lowest BCUT2D eigenvalue weighted by molar-refractivity contribution is 0.352. The molecule has 82 valence electrons. The number of halogens is 1. The molecule has 1 aromatic rings. The molecule has 0 bridgehead atoms. The van der Waals surface area contributed by atoms with Gasteiger partial charge in [-0.05, 0) is 24.4 Å². The Bertz CT molecular complexity index is 385. The maximum absolute atomic E-state index is 13.6. The first kappa shape index (κ1) is 11.5. The van der Waals surface area contributed by atoms with E-state index in [4.69, 9.17) is 15.2 Å². The fourth-order valence-corrected chi connectivity index (χ4v) is 1.24. The van der Waals surface area contributed by atoms with Crippen molar-refractivity contribution in [3.05, 3.63) is 17.9 Å². The number of nitrogens with two attached hydrogens (primary N) is 1. The summed E-state index contributed by atoms with van der Waals surface area (Å²) in [5.41, 5.74) is 5.64. The first-order valence-electron chi connectivity index (χ1n) is 4.07. The van der Waals surface area contributed by atoms with E-state index >= 15 is 0 Å². The molecule has 0 aliphatic rings. The highest BCUT2D eigenvalue weighted by Crippen LogP contribution is 2.33. The monoisotopic (exact) mass is 230 g/mol. The van der Waals surface area contributed by atoms with Crippen LogP contribution < -0.4 is 20.5 Å². The van der Waals surface area contributed by atoms with E-state index in [-0.39, 0.29) is 16.6 Å². The maximum atomic E-state index is 13.6. The zero-order valence-electron chi connectivity index (χ0n) is 8.33. The highest BCUT2D eigenvalue weighted by Gasteiger charge is 2.14. The van der Waals surface area contributed by atoms with E-state index in [0.717, 1.165) is 0 Å². The third-order valence-corrected chi connectivity index (χ3v) is 1.85. The molecule has 0 aromatic heterocycles. The van der Waals surface area contributed by atoms with Crippen LogP contribution in [0.3, 0.4) is 0 Å². The first-order valence-corrected chi connectivity index (χ1v) is 4.48. The number of benzene rings is 1. The van der Waals surface area contributed by atoms with Crippen LogP contribution >= 0.6 is 12.2 Å². The molecule has 0 saturated heterocycles. The summed E-state index contributed by atoms with van der Waals surface area (Å²) in [4.78, 5) is 0. The van der Waals surface area contributed by atoms with Crippen LogP contribution in [0.25, 0.3) is 0 Å². The molecule has 0 spiro atoms. The fraction of sp³-hybridized carbons (Fsp3) is 0.222. The van der Waals surface area contributed by atoms with Gasteiger partial charge in [-0.25, -0.2) is 0 Å². The van der Waals surface area contributed by atoms with Gasteiger partial charge in [-0.2, -0.15) is 4.39 Å². The second kappa shape index (κ2) is 4.79. The zero-order valence-corrected chi connectivity index (χ0v) is 9.15. The van der Waals surface area contributed by atoms with Crippen molar-refractivity contribution >= 4 is 23.0 Å². The molecule has 0 heterocycles. The fourth-order valence-electron chi connectivity index (χ4n) is 1.13. The second-order valence-corrected chi connectivity index (χ2v) is 3.09. The Balaban J connectivity index is 3.18. The number of methoxy groups -OCH3 is 2. The average Bonchev–Trinajstić information content (AvgIpc) is 2.18. The Morgan fingerprint density at radius 1 is 1.40 bits per heavy atom. The van der Waals surface area contributed by atoms with Crippen LogP contribution in [0, 0.1) is 5.82 Å². The topological polar surface area (TPSA) is 56.5 Å². The molecule has 3 N–H and O–H groups in total. The van der Waals surface area contributed by atoms with Crippen LogP contribution in [0.1, 0.15) is 0 Å². The maximum Gasteiger partial charge on any atom is 0.208 e. The molecular formula is C9H11FN2O2S. The van der Waals surface area contributed by atoms with E-state index in [1.807, 2.05) is 0 Å². The lowest BCUT2D eigenvalue weighted by atomic mass is 10.2. The summed E-state index contributed by atoms with van der Waals surface area (Å²) in [6.07, 6.45) is 0. The highest BCUT2D eigenvalue weighted by molar-refractivity contribution is 7.80. The zero-order chi connectivity index (χ0) is 11.4. The summed E-state index contributed by atoms with van der Waals surface area (Å²) in [6.45, 7) is 0. The normalized spacial score (nSPS) is 9.53. The van der Waals surface area contributed by atoms with E-state index in [9.17, 15) is 4.39 Å². The Kier molecular flexibility index (Phi) is 3.68. The van der Waals surface area contributed by atoms with E-state index in [1.54, 1.807) is 6.07 Å². The van der Waals surface area contributed by atoms with Crippen molar-refractivity contribution in [3.63, 3.8) is 0 Å². The van der Waals surface area contributed by atoms with Crippen LogP contribution in [0.5, 0.6) is 11.5 Å².